The first-order valence-corrected chi connectivity index (χ1v) is 7.99. The lowest BCUT2D eigenvalue weighted by Gasteiger charge is -2.36. The zero-order valence-electron chi connectivity index (χ0n) is 14.4. The Labute approximate surface area is 141 Å². The van der Waals surface area contributed by atoms with Crippen LogP contribution in [0, 0.1) is 0 Å². The lowest BCUT2D eigenvalue weighted by molar-refractivity contribution is -0.0233. The van der Waals surface area contributed by atoms with E-state index in [1.807, 2.05) is 6.92 Å². The van der Waals surface area contributed by atoms with E-state index >= 15 is 0 Å². The van der Waals surface area contributed by atoms with Gasteiger partial charge in [0.2, 0.25) is 0 Å². The number of rotatable bonds is 7. The van der Waals surface area contributed by atoms with Gasteiger partial charge < -0.3 is 14.5 Å². The predicted molar refractivity (Wildman–Crippen MR) is 89.0 cm³/mol. The molecule has 0 saturated carbocycles. The highest BCUT2D eigenvalue weighted by molar-refractivity contribution is 5.72. The van der Waals surface area contributed by atoms with Crippen molar-refractivity contribution in [3.63, 3.8) is 0 Å². The van der Waals surface area contributed by atoms with E-state index in [-0.39, 0.29) is 6.09 Å². The molecule has 0 aromatic carbocycles. The summed E-state index contributed by atoms with van der Waals surface area (Å²) < 4.78 is 30.3. The smallest absolute Gasteiger partial charge is 0.409 e. The standard InChI is InChI=1S/C15H25F2N5O2/c1-4-13(7-8-19-22(14(16)17)18-5-2)20-9-11-21(12-10-20)15(23)24-6-3/h5,7-8,14H,4,6,9-12H2,1-3H3/b13-7+,18-5-,19-8-. The molecular weight excluding hydrogens is 320 g/mol. The summed E-state index contributed by atoms with van der Waals surface area (Å²) in [6, 6.07) is 0. The fraction of sp³-hybridized carbons (Fsp3) is 0.667. The van der Waals surface area contributed by atoms with Gasteiger partial charge in [-0.2, -0.15) is 19.0 Å². The number of ether oxygens (including phenoxy) is 1. The van der Waals surface area contributed by atoms with Crippen molar-refractivity contribution in [3.05, 3.63) is 11.8 Å². The average Bonchev–Trinajstić information content (AvgIpc) is 2.58. The second kappa shape index (κ2) is 10.6. The van der Waals surface area contributed by atoms with Crippen LogP contribution >= 0.6 is 0 Å². The Balaban J connectivity index is 2.62. The average molecular weight is 345 g/mol. The molecule has 0 aliphatic carbocycles. The van der Waals surface area contributed by atoms with Gasteiger partial charge in [-0.3, -0.25) is 0 Å². The minimum absolute atomic E-state index is 0.300. The van der Waals surface area contributed by atoms with Gasteiger partial charge in [0.15, 0.2) is 0 Å². The number of hydrogen-bond donors (Lipinski definition) is 0. The fourth-order valence-corrected chi connectivity index (χ4v) is 2.27. The Hall–Kier alpha value is -2.19. The van der Waals surface area contributed by atoms with E-state index in [1.165, 1.54) is 12.4 Å². The summed E-state index contributed by atoms with van der Waals surface area (Å²) >= 11 is 0. The van der Waals surface area contributed by atoms with Crippen molar-refractivity contribution in [2.75, 3.05) is 32.8 Å². The summed E-state index contributed by atoms with van der Waals surface area (Å²) in [5.74, 6) is 0. The zero-order valence-corrected chi connectivity index (χ0v) is 14.4. The molecule has 1 aliphatic heterocycles. The molecule has 1 rings (SSSR count). The number of piperazine rings is 1. The molecule has 1 amide bonds. The number of hydrogen-bond acceptors (Lipinski definition) is 6. The quantitative estimate of drug-likeness (QED) is 0.404. The van der Waals surface area contributed by atoms with Crippen molar-refractivity contribution in [2.24, 2.45) is 10.2 Å². The molecule has 1 aliphatic rings. The van der Waals surface area contributed by atoms with Crippen molar-refractivity contribution in [2.45, 2.75) is 33.7 Å². The lowest BCUT2D eigenvalue weighted by Crippen LogP contribution is -2.48. The Bertz CT molecular complexity index is 474. The highest BCUT2D eigenvalue weighted by Crippen LogP contribution is 2.13. The first-order valence-electron chi connectivity index (χ1n) is 7.99. The number of carbonyl (C=O) groups is 1. The topological polar surface area (TPSA) is 60.7 Å². The summed E-state index contributed by atoms with van der Waals surface area (Å²) in [6.45, 7) is 5.33. The number of carbonyl (C=O) groups excluding carboxylic acids is 1. The van der Waals surface area contributed by atoms with Gasteiger partial charge in [-0.05, 0) is 26.3 Å². The van der Waals surface area contributed by atoms with Gasteiger partial charge in [0.05, 0.1) is 12.8 Å². The number of halogens is 2. The highest BCUT2D eigenvalue weighted by atomic mass is 19.3. The SMILES string of the molecule is C/C=N\N(/N=C\C=C(/CC)N1CCN(C(=O)OCC)CC1)C(F)F. The van der Waals surface area contributed by atoms with Crippen molar-refractivity contribution < 1.29 is 18.3 Å². The Kier molecular flexibility index (Phi) is 8.74. The summed E-state index contributed by atoms with van der Waals surface area (Å²) in [5, 5.41) is 7.45. The van der Waals surface area contributed by atoms with Gasteiger partial charge in [-0.25, -0.2) is 4.79 Å². The molecule has 0 N–H and O–H groups in total. The van der Waals surface area contributed by atoms with Gasteiger partial charge in [-0.15, -0.1) is 5.12 Å². The third kappa shape index (κ3) is 6.13. The van der Waals surface area contributed by atoms with E-state index in [0.717, 1.165) is 12.1 Å². The third-order valence-corrected chi connectivity index (χ3v) is 3.43. The maximum Gasteiger partial charge on any atom is 0.409 e. The van der Waals surface area contributed by atoms with Gasteiger partial charge in [0.1, 0.15) is 0 Å². The molecule has 7 nitrogen and oxygen atoms in total. The monoisotopic (exact) mass is 345 g/mol. The van der Waals surface area contributed by atoms with Gasteiger partial charge in [-0.1, -0.05) is 6.92 Å². The van der Waals surface area contributed by atoms with Crippen LogP contribution in [0.4, 0.5) is 13.6 Å². The second-order valence-electron chi connectivity index (χ2n) is 4.92. The van der Waals surface area contributed by atoms with Crippen LogP contribution in [-0.2, 0) is 4.74 Å². The molecule has 0 aromatic heterocycles. The van der Waals surface area contributed by atoms with E-state index in [1.54, 1.807) is 24.8 Å². The van der Waals surface area contributed by atoms with E-state index in [2.05, 4.69) is 15.1 Å². The van der Waals surface area contributed by atoms with Crippen LogP contribution in [0.5, 0.6) is 0 Å². The Morgan fingerprint density at radius 1 is 1.21 bits per heavy atom. The molecule has 24 heavy (non-hydrogen) atoms. The maximum absolute atomic E-state index is 12.6. The van der Waals surface area contributed by atoms with Gasteiger partial charge in [0.25, 0.3) is 0 Å². The molecule has 9 heteroatoms. The van der Waals surface area contributed by atoms with Crippen LogP contribution in [0.1, 0.15) is 27.2 Å². The molecular formula is C15H25F2N5O2. The second-order valence-corrected chi connectivity index (χ2v) is 4.92. The van der Waals surface area contributed by atoms with E-state index in [4.69, 9.17) is 4.74 Å². The van der Waals surface area contributed by atoms with Crippen molar-refractivity contribution in [3.8, 4) is 0 Å². The summed E-state index contributed by atoms with van der Waals surface area (Å²) in [5.41, 5.74) is 0.969. The van der Waals surface area contributed by atoms with Crippen LogP contribution in [0.2, 0.25) is 0 Å². The molecule has 0 atom stereocenters. The van der Waals surface area contributed by atoms with Crippen LogP contribution in [-0.4, -0.2) is 72.8 Å². The molecule has 1 saturated heterocycles. The predicted octanol–water partition coefficient (Wildman–Crippen LogP) is 2.57. The molecule has 1 heterocycles. The summed E-state index contributed by atoms with van der Waals surface area (Å²) in [7, 11) is 0. The van der Waals surface area contributed by atoms with Gasteiger partial charge >= 0.3 is 12.6 Å². The molecule has 1 fully saturated rings. The summed E-state index contributed by atoms with van der Waals surface area (Å²) in [4.78, 5) is 15.4. The van der Waals surface area contributed by atoms with Crippen LogP contribution in [0.15, 0.2) is 22.0 Å². The Morgan fingerprint density at radius 3 is 2.33 bits per heavy atom. The third-order valence-electron chi connectivity index (χ3n) is 3.43. The van der Waals surface area contributed by atoms with Crippen LogP contribution < -0.4 is 0 Å². The van der Waals surface area contributed by atoms with Crippen LogP contribution in [0.25, 0.3) is 0 Å². The highest BCUT2D eigenvalue weighted by Gasteiger charge is 2.22. The molecule has 0 spiro atoms. The minimum Gasteiger partial charge on any atom is -0.450 e. The van der Waals surface area contributed by atoms with E-state index in [0.29, 0.717) is 37.9 Å². The summed E-state index contributed by atoms with van der Waals surface area (Å²) in [6.07, 6.45) is 4.70. The normalized spacial score (nSPS) is 16.5. The number of allylic oxidation sites excluding steroid dienone is 2. The first-order chi connectivity index (χ1) is 11.5. The van der Waals surface area contributed by atoms with E-state index in [9.17, 15) is 13.6 Å². The van der Waals surface area contributed by atoms with Crippen molar-refractivity contribution >= 4 is 18.5 Å². The van der Waals surface area contributed by atoms with Crippen molar-refractivity contribution in [1.82, 2.24) is 14.9 Å². The molecule has 0 bridgehead atoms. The van der Waals surface area contributed by atoms with Crippen molar-refractivity contribution in [1.29, 1.82) is 0 Å². The number of amides is 1. The van der Waals surface area contributed by atoms with Crippen LogP contribution in [0.3, 0.4) is 0 Å². The maximum atomic E-state index is 12.6. The molecule has 136 valence electrons. The molecule has 0 radical (unpaired) electrons. The van der Waals surface area contributed by atoms with E-state index < -0.39 is 6.55 Å². The minimum atomic E-state index is -2.79. The number of hydrazone groups is 2. The fourth-order valence-electron chi connectivity index (χ4n) is 2.27. The number of alkyl halides is 2. The first kappa shape index (κ1) is 19.9. The number of nitrogens with zero attached hydrogens (tertiary/aromatic N) is 5. The lowest BCUT2D eigenvalue weighted by atomic mass is 10.2. The molecule has 0 unspecified atom stereocenters. The zero-order chi connectivity index (χ0) is 17.9. The largest absolute Gasteiger partial charge is 0.450 e. The Morgan fingerprint density at radius 2 is 1.83 bits per heavy atom. The van der Waals surface area contributed by atoms with Gasteiger partial charge in [0, 0.05) is 38.1 Å². The molecule has 0 aromatic rings.